The zero-order chi connectivity index (χ0) is 15.6. The minimum absolute atomic E-state index is 0. The molecule has 0 saturated heterocycles. The van der Waals surface area contributed by atoms with Crippen molar-refractivity contribution in [3.63, 3.8) is 0 Å². The van der Waals surface area contributed by atoms with Crippen LogP contribution < -0.4 is 0 Å². The summed E-state index contributed by atoms with van der Waals surface area (Å²) in [5.74, 6) is 0. The van der Waals surface area contributed by atoms with Crippen molar-refractivity contribution in [2.24, 2.45) is 0 Å². The van der Waals surface area contributed by atoms with Gasteiger partial charge in [0.1, 0.15) is 0 Å². The van der Waals surface area contributed by atoms with E-state index >= 15 is 0 Å². The summed E-state index contributed by atoms with van der Waals surface area (Å²) < 4.78 is 0. The smallest absolute Gasteiger partial charge is 0.0161 e. The maximum absolute atomic E-state index is 4.53. The third-order valence-corrected chi connectivity index (χ3v) is 4.68. The van der Waals surface area contributed by atoms with E-state index < -0.39 is 0 Å². The number of rotatable bonds is 5. The topological polar surface area (TPSA) is 12.9 Å². The number of unbranched alkanes of at least 4 members (excludes halogenated alkanes) is 2. The van der Waals surface area contributed by atoms with Crippen molar-refractivity contribution < 1.29 is 20.1 Å². The number of hydrogen-bond donors (Lipinski definition) is 0. The van der Waals surface area contributed by atoms with Crippen LogP contribution >= 0.6 is 0 Å². The normalized spacial score (nSPS) is 11.6. The second kappa shape index (κ2) is 7.55. The van der Waals surface area contributed by atoms with E-state index in [1.165, 1.54) is 42.0 Å². The van der Waals surface area contributed by atoms with Crippen molar-refractivity contribution in [1.29, 1.82) is 0 Å². The Balaban J connectivity index is 0.00000192. The quantitative estimate of drug-likeness (QED) is 0.245. The number of pyridine rings is 1. The predicted molar refractivity (Wildman–Crippen MR) is 95.3 cm³/mol. The largest absolute Gasteiger partial charge is 0.304 e. The van der Waals surface area contributed by atoms with E-state index in [1.807, 2.05) is 12.3 Å². The fraction of sp³-hybridized carbons (Fsp3) is 0.381. The molecule has 23 heavy (non-hydrogen) atoms. The molecule has 2 heteroatoms. The summed E-state index contributed by atoms with van der Waals surface area (Å²) in [5.41, 5.74) is 2.64. The van der Waals surface area contributed by atoms with E-state index in [2.05, 4.69) is 62.2 Å². The Kier molecular flexibility index (Phi) is 5.94. The number of fused-ring (bicyclic) bond motifs is 3. The Morgan fingerprint density at radius 3 is 2.65 bits per heavy atom. The molecule has 0 aliphatic rings. The average molecular weight is 483 g/mol. The van der Waals surface area contributed by atoms with Crippen molar-refractivity contribution in [3.8, 4) is 0 Å². The molecule has 0 aliphatic heterocycles. The van der Waals surface area contributed by atoms with Gasteiger partial charge in [-0.1, -0.05) is 64.7 Å². The van der Waals surface area contributed by atoms with E-state index in [1.54, 1.807) is 0 Å². The molecule has 1 radical (unpaired) electrons. The third-order valence-electron chi connectivity index (χ3n) is 4.68. The minimum Gasteiger partial charge on any atom is -0.304 e. The van der Waals surface area contributed by atoms with Crippen LogP contribution in [0.5, 0.6) is 0 Å². The second-order valence-corrected chi connectivity index (χ2v) is 6.83. The van der Waals surface area contributed by atoms with Gasteiger partial charge in [0.25, 0.3) is 0 Å². The maximum atomic E-state index is 4.53. The molecule has 0 amide bonds. The molecule has 0 unspecified atom stereocenters. The molecular weight excluding hydrogens is 458 g/mol. The summed E-state index contributed by atoms with van der Waals surface area (Å²) >= 11 is 0. The van der Waals surface area contributed by atoms with Gasteiger partial charge < -0.3 is 4.98 Å². The first kappa shape index (κ1) is 18.1. The molecule has 2 aromatic carbocycles. The van der Waals surface area contributed by atoms with E-state index in [4.69, 9.17) is 0 Å². The van der Waals surface area contributed by atoms with Gasteiger partial charge in [-0.3, -0.25) is 0 Å². The average Bonchev–Trinajstić information content (AvgIpc) is 2.54. The Morgan fingerprint density at radius 1 is 1.09 bits per heavy atom. The first-order chi connectivity index (χ1) is 10.6. The summed E-state index contributed by atoms with van der Waals surface area (Å²) in [6.07, 6.45) is 6.97. The van der Waals surface area contributed by atoms with Gasteiger partial charge in [-0.15, -0.1) is 34.5 Å². The van der Waals surface area contributed by atoms with Crippen molar-refractivity contribution in [2.75, 3.05) is 0 Å². The molecule has 0 N–H and O–H groups in total. The first-order valence-electron chi connectivity index (χ1n) is 8.31. The molecule has 3 rings (SSSR count). The third kappa shape index (κ3) is 3.82. The van der Waals surface area contributed by atoms with Crippen LogP contribution in [-0.2, 0) is 25.5 Å². The molecule has 1 nitrogen and oxygen atoms in total. The number of aromatic nitrogens is 1. The molecule has 0 bridgehead atoms. The van der Waals surface area contributed by atoms with Crippen LogP contribution in [0.25, 0.3) is 21.7 Å². The van der Waals surface area contributed by atoms with Crippen molar-refractivity contribution in [1.82, 2.24) is 4.98 Å². The molecule has 0 aliphatic carbocycles. The van der Waals surface area contributed by atoms with Crippen LogP contribution in [0, 0.1) is 6.07 Å². The predicted octanol–water partition coefficient (Wildman–Crippen LogP) is 6.04. The van der Waals surface area contributed by atoms with Gasteiger partial charge in [0.2, 0.25) is 0 Å². The first-order valence-corrected chi connectivity index (χ1v) is 8.31. The fourth-order valence-corrected chi connectivity index (χ4v) is 3.14. The van der Waals surface area contributed by atoms with Gasteiger partial charge in [0.15, 0.2) is 0 Å². The number of hydrogen-bond acceptors (Lipinski definition) is 1. The summed E-state index contributed by atoms with van der Waals surface area (Å²) in [7, 11) is 0. The van der Waals surface area contributed by atoms with Crippen LogP contribution in [0.15, 0.2) is 42.6 Å². The van der Waals surface area contributed by atoms with Gasteiger partial charge in [-0.05, 0) is 22.4 Å². The number of benzene rings is 2. The molecule has 1 aromatic heterocycles. The van der Waals surface area contributed by atoms with E-state index in [9.17, 15) is 0 Å². The van der Waals surface area contributed by atoms with E-state index in [-0.39, 0.29) is 25.5 Å². The molecule has 0 saturated carbocycles. The van der Waals surface area contributed by atoms with E-state index in [0.29, 0.717) is 0 Å². The van der Waals surface area contributed by atoms with Gasteiger partial charge >= 0.3 is 0 Å². The number of nitrogens with zero attached hydrogens (tertiary/aromatic N) is 1. The van der Waals surface area contributed by atoms with Gasteiger partial charge in [0.05, 0.1) is 0 Å². The molecule has 0 spiro atoms. The van der Waals surface area contributed by atoms with Crippen molar-refractivity contribution >= 4 is 21.7 Å². The van der Waals surface area contributed by atoms with Gasteiger partial charge in [-0.2, -0.15) is 0 Å². The Bertz CT molecular complexity index is 792. The fourth-order valence-electron chi connectivity index (χ4n) is 3.14. The summed E-state index contributed by atoms with van der Waals surface area (Å²) in [4.78, 5) is 4.53. The van der Waals surface area contributed by atoms with Crippen LogP contribution in [0.1, 0.15) is 52.0 Å². The Morgan fingerprint density at radius 2 is 1.87 bits per heavy atom. The van der Waals surface area contributed by atoms with Crippen molar-refractivity contribution in [3.05, 3.63) is 54.2 Å². The molecule has 0 atom stereocenters. The second-order valence-electron chi connectivity index (χ2n) is 6.83. The minimum atomic E-state index is 0. The zero-order valence-corrected chi connectivity index (χ0v) is 16.5. The monoisotopic (exact) mass is 483 g/mol. The van der Waals surface area contributed by atoms with Crippen LogP contribution in [0.2, 0.25) is 0 Å². The molecular formula is C21H24IrN-. The molecule has 3 aromatic rings. The maximum Gasteiger partial charge on any atom is 0.0161 e. The van der Waals surface area contributed by atoms with Crippen LogP contribution in [0.4, 0.5) is 0 Å². The molecule has 123 valence electrons. The summed E-state index contributed by atoms with van der Waals surface area (Å²) in [6.45, 7) is 6.95. The standard InChI is InChI=1S/C21H24N.Ir/c1-4-5-6-13-21(2,3)18-11-12-19-17(15-18)10-9-16-8-7-14-22-20(16)19;/h7-11,14-15H,4-6,13H2,1-3H3;/q-1;. The molecule has 1 heterocycles. The van der Waals surface area contributed by atoms with Crippen molar-refractivity contribution in [2.45, 2.75) is 51.9 Å². The van der Waals surface area contributed by atoms with Crippen LogP contribution in [0.3, 0.4) is 0 Å². The Hall–Kier alpha value is -1.24. The van der Waals surface area contributed by atoms with Crippen LogP contribution in [-0.4, -0.2) is 4.98 Å². The van der Waals surface area contributed by atoms with Gasteiger partial charge in [0, 0.05) is 26.3 Å². The zero-order valence-electron chi connectivity index (χ0n) is 14.2. The Labute approximate surface area is 152 Å². The SMILES string of the molecule is CCCCCC(C)(C)c1c[c-]c2c(ccc3cccnc32)c1.[Ir]. The summed E-state index contributed by atoms with van der Waals surface area (Å²) in [5, 5.41) is 3.56. The van der Waals surface area contributed by atoms with E-state index in [0.717, 1.165) is 10.9 Å². The van der Waals surface area contributed by atoms with Gasteiger partial charge in [-0.25, -0.2) is 0 Å². The molecule has 0 fully saturated rings. The summed E-state index contributed by atoms with van der Waals surface area (Å²) in [6, 6.07) is 16.4.